The molecule has 1 unspecified atom stereocenters. The van der Waals surface area contributed by atoms with Crippen molar-refractivity contribution in [2.45, 2.75) is 31.8 Å². The zero-order chi connectivity index (χ0) is 11.6. The summed E-state index contributed by atoms with van der Waals surface area (Å²) in [6.07, 6.45) is 5.73. The summed E-state index contributed by atoms with van der Waals surface area (Å²) in [7, 11) is 0. The molecule has 2 heterocycles. The molecule has 1 fully saturated rings. The molecule has 16 heavy (non-hydrogen) atoms. The fourth-order valence-electron chi connectivity index (χ4n) is 2.00. The van der Waals surface area contributed by atoms with Crippen LogP contribution in [0.25, 0.3) is 0 Å². The third-order valence-electron chi connectivity index (χ3n) is 3.00. The molecule has 1 aromatic rings. The van der Waals surface area contributed by atoms with Gasteiger partial charge in [0.25, 0.3) is 0 Å². The number of rotatable bonds is 1. The molecule has 1 aliphatic heterocycles. The molecule has 0 bridgehead atoms. The standard InChI is InChI=1S/C11H16ClN3O/c1-11(16)3-2-7-15(8-4-11)10-9(12)13-5-6-14-10/h5-6,16H,2-4,7-8H2,1H3. The second kappa shape index (κ2) is 4.55. The van der Waals surface area contributed by atoms with Gasteiger partial charge in [0.05, 0.1) is 5.60 Å². The first-order valence-corrected chi connectivity index (χ1v) is 5.90. The van der Waals surface area contributed by atoms with Crippen LogP contribution in [0.2, 0.25) is 5.15 Å². The number of aromatic nitrogens is 2. The lowest BCUT2D eigenvalue weighted by atomic mass is 9.98. The monoisotopic (exact) mass is 241 g/mol. The molecule has 0 aliphatic carbocycles. The van der Waals surface area contributed by atoms with Gasteiger partial charge in [0.15, 0.2) is 11.0 Å². The number of aliphatic hydroxyl groups is 1. The Kier molecular flexibility index (Phi) is 3.30. The second-order valence-corrected chi connectivity index (χ2v) is 4.87. The smallest absolute Gasteiger partial charge is 0.171 e. The van der Waals surface area contributed by atoms with E-state index >= 15 is 0 Å². The highest BCUT2D eigenvalue weighted by Crippen LogP contribution is 2.26. The first-order chi connectivity index (χ1) is 7.58. The predicted molar refractivity (Wildman–Crippen MR) is 63.7 cm³/mol. The third-order valence-corrected chi connectivity index (χ3v) is 3.27. The van der Waals surface area contributed by atoms with E-state index in [4.69, 9.17) is 11.6 Å². The van der Waals surface area contributed by atoms with Gasteiger partial charge in [-0.3, -0.25) is 0 Å². The summed E-state index contributed by atoms with van der Waals surface area (Å²) in [6, 6.07) is 0. The summed E-state index contributed by atoms with van der Waals surface area (Å²) >= 11 is 6.00. The van der Waals surface area contributed by atoms with Crippen molar-refractivity contribution in [1.29, 1.82) is 0 Å². The van der Waals surface area contributed by atoms with Gasteiger partial charge in [-0.15, -0.1) is 0 Å². The van der Waals surface area contributed by atoms with E-state index < -0.39 is 5.60 Å². The maximum absolute atomic E-state index is 9.99. The van der Waals surface area contributed by atoms with Gasteiger partial charge < -0.3 is 10.0 Å². The van der Waals surface area contributed by atoms with Gasteiger partial charge in [-0.05, 0) is 26.2 Å². The van der Waals surface area contributed by atoms with E-state index in [1.807, 2.05) is 6.92 Å². The molecule has 0 amide bonds. The third kappa shape index (κ3) is 2.62. The van der Waals surface area contributed by atoms with Crippen LogP contribution in [0.1, 0.15) is 26.2 Å². The Morgan fingerprint density at radius 2 is 2.06 bits per heavy atom. The molecule has 0 saturated carbocycles. The summed E-state index contributed by atoms with van der Waals surface area (Å²) < 4.78 is 0. The lowest BCUT2D eigenvalue weighted by Crippen LogP contribution is -2.29. The van der Waals surface area contributed by atoms with E-state index in [2.05, 4.69) is 14.9 Å². The van der Waals surface area contributed by atoms with E-state index in [0.29, 0.717) is 5.15 Å². The highest BCUT2D eigenvalue weighted by Gasteiger charge is 2.26. The fraction of sp³-hybridized carbons (Fsp3) is 0.636. The van der Waals surface area contributed by atoms with Gasteiger partial charge in [-0.2, -0.15) is 0 Å². The molecule has 0 spiro atoms. The van der Waals surface area contributed by atoms with Crippen LogP contribution in [0.5, 0.6) is 0 Å². The Bertz CT molecular complexity index is 370. The molecule has 1 N–H and O–H groups in total. The number of halogens is 1. The van der Waals surface area contributed by atoms with Crippen LogP contribution in [-0.4, -0.2) is 33.8 Å². The van der Waals surface area contributed by atoms with Gasteiger partial charge in [0.1, 0.15) is 0 Å². The van der Waals surface area contributed by atoms with E-state index in [9.17, 15) is 5.11 Å². The van der Waals surface area contributed by atoms with E-state index in [-0.39, 0.29) is 0 Å². The van der Waals surface area contributed by atoms with Crippen molar-refractivity contribution in [2.75, 3.05) is 18.0 Å². The van der Waals surface area contributed by atoms with Crippen molar-refractivity contribution < 1.29 is 5.11 Å². The number of hydrogen-bond donors (Lipinski definition) is 1. The van der Waals surface area contributed by atoms with Crippen LogP contribution in [0.15, 0.2) is 12.4 Å². The minimum Gasteiger partial charge on any atom is -0.390 e. The first-order valence-electron chi connectivity index (χ1n) is 5.52. The predicted octanol–water partition coefficient (Wildman–Crippen LogP) is 1.87. The highest BCUT2D eigenvalue weighted by molar-refractivity contribution is 6.31. The quantitative estimate of drug-likeness (QED) is 0.816. The lowest BCUT2D eigenvalue weighted by Gasteiger charge is -2.23. The van der Waals surface area contributed by atoms with Gasteiger partial charge in [0.2, 0.25) is 0 Å². The molecule has 1 aromatic heterocycles. The average Bonchev–Trinajstić information content (AvgIpc) is 2.40. The summed E-state index contributed by atoms with van der Waals surface area (Å²) in [5.41, 5.74) is -0.566. The largest absolute Gasteiger partial charge is 0.390 e. The number of anilines is 1. The van der Waals surface area contributed by atoms with Gasteiger partial charge in [-0.25, -0.2) is 9.97 Å². The molecule has 1 saturated heterocycles. The van der Waals surface area contributed by atoms with Crippen LogP contribution in [-0.2, 0) is 0 Å². The Morgan fingerprint density at radius 1 is 1.31 bits per heavy atom. The Balaban J connectivity index is 2.14. The van der Waals surface area contributed by atoms with Crippen LogP contribution >= 0.6 is 11.6 Å². The van der Waals surface area contributed by atoms with Gasteiger partial charge in [-0.1, -0.05) is 11.6 Å². The molecular formula is C11H16ClN3O. The fourth-order valence-corrected chi connectivity index (χ4v) is 2.23. The summed E-state index contributed by atoms with van der Waals surface area (Å²) in [5.74, 6) is 0.724. The van der Waals surface area contributed by atoms with Gasteiger partial charge in [0, 0.05) is 25.5 Å². The van der Waals surface area contributed by atoms with Crippen LogP contribution in [0.4, 0.5) is 5.82 Å². The van der Waals surface area contributed by atoms with Crippen molar-refractivity contribution in [3.05, 3.63) is 17.5 Å². The molecule has 0 radical (unpaired) electrons. The molecule has 5 heteroatoms. The zero-order valence-electron chi connectivity index (χ0n) is 9.36. The van der Waals surface area contributed by atoms with Crippen molar-refractivity contribution in [3.8, 4) is 0 Å². The first kappa shape index (κ1) is 11.6. The molecule has 0 aromatic carbocycles. The van der Waals surface area contributed by atoms with Gasteiger partial charge >= 0.3 is 0 Å². The molecule has 4 nitrogen and oxygen atoms in total. The maximum atomic E-state index is 9.99. The van der Waals surface area contributed by atoms with Crippen molar-refractivity contribution in [1.82, 2.24) is 9.97 Å². The average molecular weight is 242 g/mol. The van der Waals surface area contributed by atoms with Crippen molar-refractivity contribution >= 4 is 17.4 Å². The highest BCUT2D eigenvalue weighted by atomic mass is 35.5. The second-order valence-electron chi connectivity index (χ2n) is 4.51. The normalized spacial score (nSPS) is 26.6. The minimum absolute atomic E-state index is 0.434. The van der Waals surface area contributed by atoms with E-state index in [0.717, 1.165) is 38.2 Å². The molecule has 1 aliphatic rings. The number of hydrogen-bond acceptors (Lipinski definition) is 4. The SMILES string of the molecule is CC1(O)CCCN(c2nccnc2Cl)CC1. The topological polar surface area (TPSA) is 49.2 Å². The van der Waals surface area contributed by atoms with E-state index in [1.165, 1.54) is 0 Å². The zero-order valence-corrected chi connectivity index (χ0v) is 10.1. The lowest BCUT2D eigenvalue weighted by molar-refractivity contribution is 0.0481. The van der Waals surface area contributed by atoms with Crippen molar-refractivity contribution in [2.24, 2.45) is 0 Å². The van der Waals surface area contributed by atoms with Crippen LogP contribution in [0.3, 0.4) is 0 Å². The Hall–Kier alpha value is -0.870. The maximum Gasteiger partial charge on any atom is 0.171 e. The molecular weight excluding hydrogens is 226 g/mol. The molecule has 88 valence electrons. The molecule has 1 atom stereocenters. The summed E-state index contributed by atoms with van der Waals surface area (Å²) in [4.78, 5) is 10.4. The van der Waals surface area contributed by atoms with Crippen molar-refractivity contribution in [3.63, 3.8) is 0 Å². The minimum atomic E-state index is -0.566. The Morgan fingerprint density at radius 3 is 2.81 bits per heavy atom. The summed E-state index contributed by atoms with van der Waals surface area (Å²) in [5, 5.41) is 10.4. The van der Waals surface area contributed by atoms with E-state index in [1.54, 1.807) is 12.4 Å². The summed E-state index contributed by atoms with van der Waals surface area (Å²) in [6.45, 7) is 3.52. The number of nitrogens with zero attached hydrogens (tertiary/aromatic N) is 3. The van der Waals surface area contributed by atoms with Crippen LogP contribution in [0, 0.1) is 0 Å². The molecule has 2 rings (SSSR count). The Labute approximate surface area is 100 Å². The van der Waals surface area contributed by atoms with Crippen LogP contribution < -0.4 is 4.90 Å².